The molecule has 2 fully saturated rings. The Morgan fingerprint density at radius 1 is 1.19 bits per heavy atom. The average molecular weight is 430 g/mol. The minimum atomic E-state index is -0.695. The van der Waals surface area contributed by atoms with Gasteiger partial charge in [-0.05, 0) is 38.8 Å². The fourth-order valence-electron chi connectivity index (χ4n) is 4.27. The Morgan fingerprint density at radius 2 is 1.97 bits per heavy atom. The van der Waals surface area contributed by atoms with E-state index in [1.54, 1.807) is 9.80 Å². The van der Waals surface area contributed by atoms with Crippen molar-refractivity contribution in [1.29, 1.82) is 0 Å². The molecule has 31 heavy (non-hydrogen) atoms. The molecule has 3 rings (SSSR count). The van der Waals surface area contributed by atoms with Crippen LogP contribution in [0.1, 0.15) is 66.8 Å². The normalized spacial score (nSPS) is 22.2. The van der Waals surface area contributed by atoms with Crippen LogP contribution in [0.4, 0.5) is 0 Å². The number of nitrogens with zero attached hydrogens (tertiary/aromatic N) is 3. The summed E-state index contributed by atoms with van der Waals surface area (Å²) in [4.78, 5) is 56.9. The molecule has 2 unspecified atom stereocenters. The van der Waals surface area contributed by atoms with Crippen LogP contribution in [-0.2, 0) is 9.59 Å². The van der Waals surface area contributed by atoms with Gasteiger partial charge in [-0.2, -0.15) is 0 Å². The van der Waals surface area contributed by atoms with Crippen LogP contribution in [0.2, 0.25) is 0 Å². The molecule has 9 nitrogen and oxygen atoms in total. The summed E-state index contributed by atoms with van der Waals surface area (Å²) in [7, 11) is 0. The quantitative estimate of drug-likeness (QED) is 0.720. The van der Waals surface area contributed by atoms with E-state index in [1.807, 2.05) is 13.8 Å². The molecule has 2 atom stereocenters. The first kappa shape index (κ1) is 22.7. The van der Waals surface area contributed by atoms with Gasteiger partial charge < -0.3 is 20.9 Å². The number of hydrogen-bond donors (Lipinski definition) is 2. The van der Waals surface area contributed by atoms with Gasteiger partial charge in [-0.25, -0.2) is 0 Å². The Labute approximate surface area is 182 Å². The van der Waals surface area contributed by atoms with Gasteiger partial charge in [0.2, 0.25) is 11.8 Å². The number of hydrogen-bond acceptors (Lipinski definition) is 5. The fourth-order valence-corrected chi connectivity index (χ4v) is 4.27. The molecule has 0 aromatic carbocycles. The molecule has 0 radical (unpaired) electrons. The van der Waals surface area contributed by atoms with Crippen molar-refractivity contribution < 1.29 is 19.2 Å². The molecule has 9 heteroatoms. The van der Waals surface area contributed by atoms with E-state index in [9.17, 15) is 19.2 Å². The van der Waals surface area contributed by atoms with Crippen molar-refractivity contribution in [3.63, 3.8) is 0 Å². The predicted octanol–water partition coefficient (Wildman–Crippen LogP) is 0.938. The minimum Gasteiger partial charge on any atom is -0.364 e. The number of nitrogens with two attached hydrogens (primary N) is 1. The minimum absolute atomic E-state index is 0.0161. The summed E-state index contributed by atoms with van der Waals surface area (Å²) in [5.41, 5.74) is 5.58. The molecule has 168 valence electrons. The maximum atomic E-state index is 13.2. The molecule has 0 bridgehead atoms. The number of pyridine rings is 1. The molecule has 1 aromatic heterocycles. The van der Waals surface area contributed by atoms with Crippen LogP contribution in [0.15, 0.2) is 18.3 Å². The van der Waals surface area contributed by atoms with Crippen LogP contribution in [-0.4, -0.2) is 70.1 Å². The molecule has 0 spiro atoms. The third kappa shape index (κ3) is 5.59. The molecular weight excluding hydrogens is 398 g/mol. The highest BCUT2D eigenvalue weighted by atomic mass is 16.2. The van der Waals surface area contributed by atoms with Gasteiger partial charge in [0.25, 0.3) is 11.8 Å². The second kappa shape index (κ2) is 9.89. The third-order valence-corrected chi connectivity index (χ3v) is 5.97. The summed E-state index contributed by atoms with van der Waals surface area (Å²) >= 11 is 0. The summed E-state index contributed by atoms with van der Waals surface area (Å²) in [6, 6.07) is 2.77. The highest BCUT2D eigenvalue weighted by molar-refractivity contribution is 5.98. The predicted molar refractivity (Wildman–Crippen MR) is 114 cm³/mol. The summed E-state index contributed by atoms with van der Waals surface area (Å²) < 4.78 is 0. The van der Waals surface area contributed by atoms with E-state index in [2.05, 4.69) is 10.3 Å². The number of aromatic nitrogens is 1. The maximum absolute atomic E-state index is 13.2. The fraction of sp³-hybridized carbons (Fsp3) is 0.591. The molecule has 2 aliphatic heterocycles. The number of rotatable bonds is 5. The van der Waals surface area contributed by atoms with Crippen LogP contribution in [0, 0.1) is 5.92 Å². The van der Waals surface area contributed by atoms with E-state index in [0.717, 1.165) is 25.7 Å². The zero-order valence-corrected chi connectivity index (χ0v) is 18.2. The van der Waals surface area contributed by atoms with Gasteiger partial charge in [0.05, 0.1) is 5.92 Å². The van der Waals surface area contributed by atoms with Crippen LogP contribution in [0.25, 0.3) is 0 Å². The van der Waals surface area contributed by atoms with E-state index in [0.29, 0.717) is 25.2 Å². The number of nitrogens with one attached hydrogen (secondary N) is 1. The van der Waals surface area contributed by atoms with Gasteiger partial charge in [0.15, 0.2) is 0 Å². The Hall–Kier alpha value is -2.97. The number of primary amides is 1. The van der Waals surface area contributed by atoms with Gasteiger partial charge in [-0.3, -0.25) is 24.2 Å². The van der Waals surface area contributed by atoms with Crippen LogP contribution < -0.4 is 11.1 Å². The zero-order valence-electron chi connectivity index (χ0n) is 18.2. The standard InChI is InChI=1S/C22H31N5O4/c1-14(2)27-12-16(11-19(27)28)22(31)26-9-5-3-4-6-17(13-26)25-21(30)15-7-8-24-18(10-15)20(23)29/h7-8,10,14,16-17H,3-6,9,11-13H2,1-2H3,(H2,23,29)(H,25,30). The zero-order chi connectivity index (χ0) is 22.5. The lowest BCUT2D eigenvalue weighted by Crippen LogP contribution is -2.49. The smallest absolute Gasteiger partial charge is 0.267 e. The lowest BCUT2D eigenvalue weighted by molar-refractivity contribution is -0.136. The van der Waals surface area contributed by atoms with Crippen molar-refractivity contribution in [2.24, 2.45) is 11.7 Å². The molecule has 4 amide bonds. The molecule has 1 aromatic rings. The third-order valence-electron chi connectivity index (χ3n) is 5.97. The molecule has 0 saturated carbocycles. The summed E-state index contributed by atoms with van der Waals surface area (Å²) in [6.07, 6.45) is 5.22. The summed E-state index contributed by atoms with van der Waals surface area (Å²) in [5, 5.41) is 2.99. The second-order valence-corrected chi connectivity index (χ2v) is 8.64. The van der Waals surface area contributed by atoms with Crippen molar-refractivity contribution >= 4 is 23.6 Å². The highest BCUT2D eigenvalue weighted by Gasteiger charge is 2.38. The van der Waals surface area contributed by atoms with Crippen molar-refractivity contribution in [1.82, 2.24) is 20.1 Å². The van der Waals surface area contributed by atoms with E-state index in [4.69, 9.17) is 5.73 Å². The number of amides is 4. The van der Waals surface area contributed by atoms with Crippen molar-refractivity contribution in [2.45, 2.75) is 58.0 Å². The van der Waals surface area contributed by atoms with Gasteiger partial charge in [-0.15, -0.1) is 0 Å². The monoisotopic (exact) mass is 429 g/mol. The van der Waals surface area contributed by atoms with Crippen molar-refractivity contribution in [2.75, 3.05) is 19.6 Å². The number of carbonyl (C=O) groups is 4. The molecular formula is C22H31N5O4. The Balaban J connectivity index is 1.67. The topological polar surface area (TPSA) is 126 Å². The first-order valence-corrected chi connectivity index (χ1v) is 10.9. The Kier molecular flexibility index (Phi) is 7.25. The van der Waals surface area contributed by atoms with Crippen LogP contribution in [0.3, 0.4) is 0 Å². The van der Waals surface area contributed by atoms with E-state index in [1.165, 1.54) is 18.3 Å². The van der Waals surface area contributed by atoms with Gasteiger partial charge in [0, 0.05) is 49.9 Å². The maximum Gasteiger partial charge on any atom is 0.267 e. The van der Waals surface area contributed by atoms with E-state index < -0.39 is 5.91 Å². The summed E-state index contributed by atoms with van der Waals surface area (Å²) in [5.74, 6) is -1.35. The molecule has 2 aliphatic rings. The molecule has 3 heterocycles. The Bertz CT molecular complexity index is 856. The van der Waals surface area contributed by atoms with Crippen molar-refractivity contribution in [3.05, 3.63) is 29.6 Å². The lowest BCUT2D eigenvalue weighted by atomic mass is 10.0. The van der Waals surface area contributed by atoms with Crippen molar-refractivity contribution in [3.8, 4) is 0 Å². The Morgan fingerprint density at radius 3 is 2.65 bits per heavy atom. The number of carbonyl (C=O) groups excluding carboxylic acids is 4. The molecule has 2 saturated heterocycles. The van der Waals surface area contributed by atoms with Crippen LogP contribution in [0.5, 0.6) is 0 Å². The van der Waals surface area contributed by atoms with Gasteiger partial charge >= 0.3 is 0 Å². The van der Waals surface area contributed by atoms with E-state index in [-0.39, 0.29) is 47.8 Å². The van der Waals surface area contributed by atoms with Gasteiger partial charge in [0.1, 0.15) is 5.69 Å². The first-order chi connectivity index (χ1) is 14.8. The number of likely N-dealkylation sites (tertiary alicyclic amines) is 2. The SMILES string of the molecule is CC(C)N1CC(C(=O)N2CCCCCC(NC(=O)c3ccnc(C(N)=O)c3)C2)CC1=O. The largest absolute Gasteiger partial charge is 0.364 e. The lowest BCUT2D eigenvalue weighted by Gasteiger charge is -2.32. The molecule has 3 N–H and O–H groups in total. The van der Waals surface area contributed by atoms with Gasteiger partial charge in [-0.1, -0.05) is 12.8 Å². The highest BCUT2D eigenvalue weighted by Crippen LogP contribution is 2.23. The summed E-state index contributed by atoms with van der Waals surface area (Å²) in [6.45, 7) is 5.39. The molecule has 0 aliphatic carbocycles. The van der Waals surface area contributed by atoms with E-state index >= 15 is 0 Å². The first-order valence-electron chi connectivity index (χ1n) is 10.9. The van der Waals surface area contributed by atoms with Crippen LogP contribution >= 0.6 is 0 Å². The average Bonchev–Trinajstić information content (AvgIpc) is 3.11. The second-order valence-electron chi connectivity index (χ2n) is 8.64.